The minimum atomic E-state index is 0.413. The molecule has 0 amide bonds. The Kier molecular flexibility index (Phi) is 4.52. The molecule has 0 saturated carbocycles. The summed E-state index contributed by atoms with van der Waals surface area (Å²) in [6.45, 7) is 0. The molecular formula is C13H14N4OS. The molecule has 5 nitrogen and oxygen atoms in total. The maximum absolute atomic E-state index is 5.13. The van der Waals surface area contributed by atoms with E-state index in [1.54, 1.807) is 13.3 Å². The Labute approximate surface area is 116 Å². The fraction of sp³-hybridized carbons (Fsp3) is 0.0769. The maximum atomic E-state index is 5.13. The van der Waals surface area contributed by atoms with E-state index in [4.69, 9.17) is 17.0 Å². The molecule has 2 aromatic rings. The molecule has 0 spiro atoms. The Bertz CT molecular complexity index is 566. The minimum Gasteiger partial charge on any atom is -0.497 e. The number of methoxy groups -OCH3 is 1. The molecule has 1 aromatic carbocycles. The first kappa shape index (κ1) is 13.1. The van der Waals surface area contributed by atoms with Crippen LogP contribution in [-0.4, -0.2) is 23.4 Å². The van der Waals surface area contributed by atoms with Crippen LogP contribution in [0, 0.1) is 0 Å². The molecule has 0 aliphatic carbocycles. The minimum absolute atomic E-state index is 0.413. The number of H-pyrrole nitrogens is 1. The summed E-state index contributed by atoms with van der Waals surface area (Å²) in [5.74, 6) is 0.766. The number of rotatable bonds is 4. The largest absolute Gasteiger partial charge is 0.497 e. The number of aromatic nitrogens is 1. The first-order chi connectivity index (χ1) is 9.28. The number of hydrogen-bond acceptors (Lipinski definition) is 3. The number of hydrazone groups is 1. The van der Waals surface area contributed by atoms with Crippen molar-refractivity contribution in [3.05, 3.63) is 48.3 Å². The topological polar surface area (TPSA) is 61.4 Å². The van der Waals surface area contributed by atoms with Crippen LogP contribution in [-0.2, 0) is 0 Å². The van der Waals surface area contributed by atoms with Crippen LogP contribution in [0.5, 0.6) is 5.75 Å². The number of thiocarbonyl (C=S) groups is 1. The molecule has 3 N–H and O–H groups in total. The number of aromatic amines is 1. The summed E-state index contributed by atoms with van der Waals surface area (Å²) in [7, 11) is 1.62. The van der Waals surface area contributed by atoms with E-state index in [1.807, 2.05) is 42.6 Å². The van der Waals surface area contributed by atoms with Gasteiger partial charge in [-0.2, -0.15) is 5.10 Å². The number of nitrogens with one attached hydrogen (secondary N) is 3. The van der Waals surface area contributed by atoms with E-state index >= 15 is 0 Å². The summed E-state index contributed by atoms with van der Waals surface area (Å²) in [6.07, 6.45) is 3.48. The highest BCUT2D eigenvalue weighted by molar-refractivity contribution is 7.80. The van der Waals surface area contributed by atoms with Gasteiger partial charge in [-0.1, -0.05) is 6.07 Å². The molecule has 2 rings (SSSR count). The molecular weight excluding hydrogens is 260 g/mol. The van der Waals surface area contributed by atoms with Crippen LogP contribution in [0.3, 0.4) is 0 Å². The van der Waals surface area contributed by atoms with Crippen molar-refractivity contribution in [2.75, 3.05) is 12.4 Å². The Morgan fingerprint density at radius 1 is 1.37 bits per heavy atom. The third kappa shape index (κ3) is 4.11. The van der Waals surface area contributed by atoms with E-state index in [-0.39, 0.29) is 0 Å². The molecule has 6 heteroatoms. The van der Waals surface area contributed by atoms with Crippen molar-refractivity contribution in [3.63, 3.8) is 0 Å². The fourth-order valence-corrected chi connectivity index (χ4v) is 1.62. The monoisotopic (exact) mass is 274 g/mol. The molecule has 1 aromatic heterocycles. The first-order valence-corrected chi connectivity index (χ1v) is 6.06. The second-order valence-corrected chi connectivity index (χ2v) is 4.09. The molecule has 1 heterocycles. The van der Waals surface area contributed by atoms with Crippen LogP contribution in [0.1, 0.15) is 5.69 Å². The van der Waals surface area contributed by atoms with E-state index in [9.17, 15) is 0 Å². The van der Waals surface area contributed by atoms with E-state index in [0.717, 1.165) is 17.1 Å². The number of benzene rings is 1. The predicted molar refractivity (Wildman–Crippen MR) is 80.7 cm³/mol. The average molecular weight is 274 g/mol. The average Bonchev–Trinajstić information content (AvgIpc) is 2.92. The van der Waals surface area contributed by atoms with Crippen LogP contribution in [0.2, 0.25) is 0 Å². The maximum Gasteiger partial charge on any atom is 0.191 e. The summed E-state index contributed by atoms with van der Waals surface area (Å²) in [5, 5.41) is 7.44. The molecule has 0 unspecified atom stereocenters. The molecule has 0 fully saturated rings. The summed E-state index contributed by atoms with van der Waals surface area (Å²) in [4.78, 5) is 3.01. The molecule has 0 aliphatic heterocycles. The molecule has 0 bridgehead atoms. The summed E-state index contributed by atoms with van der Waals surface area (Å²) in [5.41, 5.74) is 4.48. The van der Waals surface area contributed by atoms with Crippen LogP contribution < -0.4 is 15.5 Å². The third-order valence-electron chi connectivity index (χ3n) is 2.32. The Hall–Kier alpha value is -2.34. The van der Waals surface area contributed by atoms with Gasteiger partial charge in [-0.15, -0.1) is 0 Å². The lowest BCUT2D eigenvalue weighted by atomic mass is 10.3. The highest BCUT2D eigenvalue weighted by Crippen LogP contribution is 2.16. The molecule has 0 saturated heterocycles. The highest BCUT2D eigenvalue weighted by atomic mass is 32.1. The normalized spacial score (nSPS) is 10.4. The number of anilines is 1. The van der Waals surface area contributed by atoms with E-state index in [1.165, 1.54) is 0 Å². The molecule has 98 valence electrons. The standard InChI is InChI=1S/C13H14N4OS/c1-18-12-6-2-4-10(8-12)16-13(19)17-15-9-11-5-3-7-14-11/h2-9,14H,1H3,(H2,16,17,19)/b15-9+. The Balaban J connectivity index is 1.87. The second-order valence-electron chi connectivity index (χ2n) is 3.68. The Morgan fingerprint density at radius 3 is 3.00 bits per heavy atom. The zero-order chi connectivity index (χ0) is 13.5. The summed E-state index contributed by atoms with van der Waals surface area (Å²) >= 11 is 5.12. The Morgan fingerprint density at radius 2 is 2.26 bits per heavy atom. The number of hydrogen-bond donors (Lipinski definition) is 3. The van der Waals surface area contributed by atoms with Gasteiger partial charge in [0.05, 0.1) is 19.0 Å². The highest BCUT2D eigenvalue weighted by Gasteiger charge is 1.97. The van der Waals surface area contributed by atoms with Crippen molar-refractivity contribution in [2.24, 2.45) is 5.10 Å². The van der Waals surface area contributed by atoms with Gasteiger partial charge in [0.1, 0.15) is 5.75 Å². The molecule has 0 aliphatic rings. The summed E-state index contributed by atoms with van der Waals surface area (Å²) in [6, 6.07) is 11.3. The van der Waals surface area contributed by atoms with E-state index in [0.29, 0.717) is 5.11 Å². The van der Waals surface area contributed by atoms with Gasteiger partial charge >= 0.3 is 0 Å². The quantitative estimate of drug-likeness (QED) is 0.455. The van der Waals surface area contributed by atoms with Gasteiger partial charge in [0.25, 0.3) is 0 Å². The smallest absolute Gasteiger partial charge is 0.191 e. The van der Waals surface area contributed by atoms with Crippen molar-refractivity contribution in [1.29, 1.82) is 0 Å². The van der Waals surface area contributed by atoms with Gasteiger partial charge in [0.15, 0.2) is 5.11 Å². The van der Waals surface area contributed by atoms with Crippen LogP contribution in [0.15, 0.2) is 47.7 Å². The second kappa shape index (κ2) is 6.55. The third-order valence-corrected chi connectivity index (χ3v) is 2.51. The van der Waals surface area contributed by atoms with Crippen molar-refractivity contribution in [1.82, 2.24) is 10.4 Å². The van der Waals surface area contributed by atoms with Gasteiger partial charge in [-0.3, -0.25) is 5.43 Å². The van der Waals surface area contributed by atoms with Crippen molar-refractivity contribution < 1.29 is 4.74 Å². The van der Waals surface area contributed by atoms with Crippen molar-refractivity contribution in [3.8, 4) is 5.75 Å². The van der Waals surface area contributed by atoms with Crippen molar-refractivity contribution >= 4 is 29.2 Å². The SMILES string of the molecule is COc1cccc(NC(=S)N/N=C/c2ccc[nH]2)c1. The van der Waals surface area contributed by atoms with Crippen molar-refractivity contribution in [2.45, 2.75) is 0 Å². The van der Waals surface area contributed by atoms with Gasteiger partial charge in [0, 0.05) is 18.0 Å². The van der Waals surface area contributed by atoms with Crippen LogP contribution >= 0.6 is 12.2 Å². The van der Waals surface area contributed by atoms with Gasteiger partial charge in [-0.25, -0.2) is 0 Å². The van der Waals surface area contributed by atoms with Gasteiger partial charge in [0.2, 0.25) is 0 Å². The molecule has 0 atom stereocenters. The molecule has 19 heavy (non-hydrogen) atoms. The lowest BCUT2D eigenvalue weighted by molar-refractivity contribution is 0.415. The number of ether oxygens (including phenoxy) is 1. The lowest BCUT2D eigenvalue weighted by Gasteiger charge is -2.08. The lowest BCUT2D eigenvalue weighted by Crippen LogP contribution is -2.23. The first-order valence-electron chi connectivity index (χ1n) is 5.65. The van der Waals surface area contributed by atoms with Gasteiger partial charge in [-0.05, 0) is 36.5 Å². The van der Waals surface area contributed by atoms with Gasteiger partial charge < -0.3 is 15.0 Å². The van der Waals surface area contributed by atoms with Crippen LogP contribution in [0.4, 0.5) is 5.69 Å². The van der Waals surface area contributed by atoms with Crippen LogP contribution in [0.25, 0.3) is 0 Å². The van der Waals surface area contributed by atoms with E-state index < -0.39 is 0 Å². The molecule has 0 radical (unpaired) electrons. The summed E-state index contributed by atoms with van der Waals surface area (Å²) < 4.78 is 5.13. The zero-order valence-electron chi connectivity index (χ0n) is 10.4. The predicted octanol–water partition coefficient (Wildman–Crippen LogP) is 2.34. The number of nitrogens with zero attached hydrogens (tertiary/aromatic N) is 1. The zero-order valence-corrected chi connectivity index (χ0v) is 11.2. The van der Waals surface area contributed by atoms with E-state index in [2.05, 4.69) is 20.8 Å². The fourth-order valence-electron chi connectivity index (χ4n) is 1.44.